The summed E-state index contributed by atoms with van der Waals surface area (Å²) in [5.74, 6) is -0.795. The predicted molar refractivity (Wildman–Crippen MR) is 64.1 cm³/mol. The third-order valence-corrected chi connectivity index (χ3v) is 3.12. The molecule has 1 heterocycles. The van der Waals surface area contributed by atoms with E-state index in [0.717, 1.165) is 32.5 Å². The van der Waals surface area contributed by atoms with E-state index in [2.05, 4.69) is 11.8 Å². The van der Waals surface area contributed by atoms with Crippen molar-refractivity contribution in [3.63, 3.8) is 0 Å². The van der Waals surface area contributed by atoms with Crippen LogP contribution in [0.3, 0.4) is 0 Å². The van der Waals surface area contributed by atoms with Gasteiger partial charge >= 0.3 is 5.97 Å². The van der Waals surface area contributed by atoms with Gasteiger partial charge in [0.1, 0.15) is 0 Å². The van der Waals surface area contributed by atoms with Gasteiger partial charge in [0.15, 0.2) is 0 Å². The van der Waals surface area contributed by atoms with Crippen molar-refractivity contribution >= 4 is 5.97 Å². The summed E-state index contributed by atoms with van der Waals surface area (Å²) in [6.45, 7) is 5.36. The molecule has 0 aromatic carbocycles. The largest absolute Gasteiger partial charge is 0.481 e. The number of likely N-dealkylation sites (tertiary alicyclic amines) is 1. The van der Waals surface area contributed by atoms with Crippen LogP contribution in [-0.4, -0.2) is 61.5 Å². The topological polar surface area (TPSA) is 59.0 Å². The number of aliphatic carboxylic acids is 1. The second-order valence-corrected chi connectivity index (χ2v) is 4.56. The lowest BCUT2D eigenvalue weighted by atomic mass is 10.1. The molecule has 0 aromatic rings. The minimum Gasteiger partial charge on any atom is -0.481 e. The van der Waals surface area contributed by atoms with E-state index in [9.17, 15) is 4.79 Å². The standard InChI is InChI=1S/C12H23NO4/c1-10(16-2)9-13-6-3-11(4-7-13)17-8-5-12(14)15/h10-11H,3-9H2,1-2H3,(H,14,15). The first-order valence-corrected chi connectivity index (χ1v) is 6.20. The zero-order chi connectivity index (χ0) is 12.7. The van der Waals surface area contributed by atoms with E-state index >= 15 is 0 Å². The average molecular weight is 245 g/mol. The Labute approximate surface area is 103 Å². The van der Waals surface area contributed by atoms with E-state index < -0.39 is 5.97 Å². The average Bonchev–Trinajstić information content (AvgIpc) is 2.31. The lowest BCUT2D eigenvalue weighted by Crippen LogP contribution is -2.41. The van der Waals surface area contributed by atoms with E-state index in [1.165, 1.54) is 0 Å². The molecular formula is C12H23NO4. The van der Waals surface area contributed by atoms with Crippen LogP contribution < -0.4 is 0 Å². The highest BCUT2D eigenvalue weighted by molar-refractivity contribution is 5.66. The Morgan fingerprint density at radius 2 is 2.12 bits per heavy atom. The highest BCUT2D eigenvalue weighted by Crippen LogP contribution is 2.14. The number of carbonyl (C=O) groups is 1. The minimum absolute atomic E-state index is 0.0981. The van der Waals surface area contributed by atoms with Crippen LogP contribution in [0.15, 0.2) is 0 Å². The van der Waals surface area contributed by atoms with Crippen LogP contribution in [-0.2, 0) is 14.3 Å². The van der Waals surface area contributed by atoms with Crippen LogP contribution in [0.2, 0.25) is 0 Å². The molecule has 1 fully saturated rings. The van der Waals surface area contributed by atoms with Crippen molar-refractivity contribution in [1.29, 1.82) is 0 Å². The van der Waals surface area contributed by atoms with Gasteiger partial charge in [-0.3, -0.25) is 4.79 Å². The quantitative estimate of drug-likeness (QED) is 0.724. The molecular weight excluding hydrogens is 222 g/mol. The number of piperidine rings is 1. The highest BCUT2D eigenvalue weighted by atomic mass is 16.5. The maximum atomic E-state index is 10.3. The van der Waals surface area contributed by atoms with E-state index in [0.29, 0.717) is 6.61 Å². The Kier molecular flexibility index (Phi) is 6.47. The van der Waals surface area contributed by atoms with Crippen molar-refractivity contribution in [1.82, 2.24) is 4.90 Å². The Hall–Kier alpha value is -0.650. The van der Waals surface area contributed by atoms with Gasteiger partial charge in [-0.05, 0) is 19.8 Å². The predicted octanol–water partition coefficient (Wildman–Crippen LogP) is 0.977. The number of methoxy groups -OCH3 is 1. The van der Waals surface area contributed by atoms with Gasteiger partial charge < -0.3 is 19.5 Å². The monoisotopic (exact) mass is 245 g/mol. The van der Waals surface area contributed by atoms with Crippen molar-refractivity contribution in [2.24, 2.45) is 0 Å². The maximum absolute atomic E-state index is 10.3. The van der Waals surface area contributed by atoms with Gasteiger partial charge in [-0.1, -0.05) is 0 Å². The molecule has 1 saturated heterocycles. The summed E-state index contributed by atoms with van der Waals surface area (Å²) in [5.41, 5.74) is 0. The first kappa shape index (κ1) is 14.4. The van der Waals surface area contributed by atoms with Gasteiger partial charge in [0, 0.05) is 26.7 Å². The Balaban J connectivity index is 2.11. The summed E-state index contributed by atoms with van der Waals surface area (Å²) in [4.78, 5) is 12.7. The van der Waals surface area contributed by atoms with Crippen molar-refractivity contribution in [2.75, 3.05) is 33.4 Å². The zero-order valence-electron chi connectivity index (χ0n) is 10.7. The van der Waals surface area contributed by atoms with Gasteiger partial charge in [0.25, 0.3) is 0 Å². The summed E-state index contributed by atoms with van der Waals surface area (Å²) in [6, 6.07) is 0. The lowest BCUT2D eigenvalue weighted by Gasteiger charge is -2.33. The fourth-order valence-electron chi connectivity index (χ4n) is 2.01. The van der Waals surface area contributed by atoms with Crippen molar-refractivity contribution < 1.29 is 19.4 Å². The lowest BCUT2D eigenvalue weighted by molar-refractivity contribution is -0.138. The molecule has 1 atom stereocenters. The number of ether oxygens (including phenoxy) is 2. The number of nitrogens with zero attached hydrogens (tertiary/aromatic N) is 1. The SMILES string of the molecule is COC(C)CN1CCC(OCCC(=O)O)CC1. The van der Waals surface area contributed by atoms with Crippen LogP contribution in [0.4, 0.5) is 0 Å². The number of carboxylic acids is 1. The Morgan fingerprint density at radius 3 is 2.65 bits per heavy atom. The summed E-state index contributed by atoms with van der Waals surface area (Å²) < 4.78 is 10.8. The summed E-state index contributed by atoms with van der Waals surface area (Å²) >= 11 is 0. The molecule has 1 aliphatic heterocycles. The third-order valence-electron chi connectivity index (χ3n) is 3.12. The first-order chi connectivity index (χ1) is 8.11. The van der Waals surface area contributed by atoms with Crippen LogP contribution in [0.5, 0.6) is 0 Å². The molecule has 17 heavy (non-hydrogen) atoms. The molecule has 5 heteroatoms. The van der Waals surface area contributed by atoms with Crippen molar-refractivity contribution in [3.05, 3.63) is 0 Å². The number of rotatable bonds is 7. The summed E-state index contributed by atoms with van der Waals surface area (Å²) in [7, 11) is 1.73. The number of carboxylic acid groups (broad SMARTS) is 1. The maximum Gasteiger partial charge on any atom is 0.305 e. The van der Waals surface area contributed by atoms with Crippen LogP contribution >= 0.6 is 0 Å². The molecule has 0 spiro atoms. The van der Waals surface area contributed by atoms with Crippen LogP contribution in [0.25, 0.3) is 0 Å². The van der Waals surface area contributed by atoms with Gasteiger partial charge in [-0.15, -0.1) is 0 Å². The third kappa shape index (κ3) is 6.00. The van der Waals surface area contributed by atoms with Crippen molar-refractivity contribution in [3.8, 4) is 0 Å². The molecule has 1 N–H and O–H groups in total. The number of hydrogen-bond donors (Lipinski definition) is 1. The fourth-order valence-corrected chi connectivity index (χ4v) is 2.01. The Bertz CT molecular complexity index is 227. The molecule has 100 valence electrons. The van der Waals surface area contributed by atoms with Gasteiger partial charge in [-0.2, -0.15) is 0 Å². The molecule has 0 radical (unpaired) electrons. The molecule has 1 aliphatic rings. The normalized spacial score (nSPS) is 20.4. The van der Waals surface area contributed by atoms with Crippen LogP contribution in [0.1, 0.15) is 26.2 Å². The molecule has 0 saturated carbocycles. The van der Waals surface area contributed by atoms with Crippen LogP contribution in [0, 0.1) is 0 Å². The minimum atomic E-state index is -0.795. The van der Waals surface area contributed by atoms with E-state index in [1.54, 1.807) is 7.11 Å². The smallest absolute Gasteiger partial charge is 0.305 e. The number of hydrogen-bond acceptors (Lipinski definition) is 4. The van der Waals surface area contributed by atoms with E-state index in [1.807, 2.05) is 0 Å². The second kappa shape index (κ2) is 7.63. The molecule has 0 amide bonds. The molecule has 5 nitrogen and oxygen atoms in total. The van der Waals surface area contributed by atoms with Gasteiger partial charge in [0.05, 0.1) is 25.2 Å². The van der Waals surface area contributed by atoms with Gasteiger partial charge in [0.2, 0.25) is 0 Å². The molecule has 1 rings (SSSR count). The fraction of sp³-hybridized carbons (Fsp3) is 0.917. The van der Waals surface area contributed by atoms with E-state index in [4.69, 9.17) is 14.6 Å². The summed E-state index contributed by atoms with van der Waals surface area (Å²) in [6.07, 6.45) is 2.55. The van der Waals surface area contributed by atoms with Crippen molar-refractivity contribution in [2.45, 2.75) is 38.4 Å². The summed E-state index contributed by atoms with van der Waals surface area (Å²) in [5, 5.41) is 8.51. The zero-order valence-corrected chi connectivity index (χ0v) is 10.7. The highest BCUT2D eigenvalue weighted by Gasteiger charge is 2.20. The molecule has 0 bridgehead atoms. The molecule has 0 aliphatic carbocycles. The Morgan fingerprint density at radius 1 is 1.47 bits per heavy atom. The second-order valence-electron chi connectivity index (χ2n) is 4.56. The molecule has 0 aromatic heterocycles. The molecule has 1 unspecified atom stereocenters. The van der Waals surface area contributed by atoms with Gasteiger partial charge in [-0.25, -0.2) is 0 Å². The first-order valence-electron chi connectivity index (χ1n) is 6.20. The van der Waals surface area contributed by atoms with E-state index in [-0.39, 0.29) is 18.6 Å².